The molecule has 1 fully saturated rings. The zero-order valence-corrected chi connectivity index (χ0v) is 22.1. The molecule has 2 aromatic heterocycles. The average Bonchev–Trinajstić information content (AvgIpc) is 3.16. The minimum Gasteiger partial charge on any atom is -0.353 e. The van der Waals surface area contributed by atoms with Gasteiger partial charge in [0.2, 0.25) is 21.9 Å². The number of amides is 1. The third-order valence-electron chi connectivity index (χ3n) is 6.46. The lowest BCUT2D eigenvalue weighted by atomic mass is 9.85. The van der Waals surface area contributed by atoms with E-state index in [-0.39, 0.29) is 22.3 Å². The van der Waals surface area contributed by atoms with Crippen LogP contribution in [-0.2, 0) is 21.4 Å². The van der Waals surface area contributed by atoms with Gasteiger partial charge in [0.1, 0.15) is 0 Å². The number of aryl methyl sites for hydroxylation is 1. The number of nitrogens with one attached hydrogen (secondary N) is 2. The molecule has 0 unspecified atom stereocenters. The van der Waals surface area contributed by atoms with E-state index in [1.54, 1.807) is 31.5 Å². The minimum atomic E-state index is -3.83. The molecule has 1 aliphatic carbocycles. The predicted octanol–water partition coefficient (Wildman–Crippen LogP) is 3.64. The second kappa shape index (κ2) is 10.1. The van der Waals surface area contributed by atoms with Crippen LogP contribution in [0.2, 0.25) is 0 Å². The van der Waals surface area contributed by atoms with Gasteiger partial charge in [-0.3, -0.25) is 4.79 Å². The Balaban J connectivity index is 1.41. The molecule has 3 aromatic rings. The zero-order valence-electron chi connectivity index (χ0n) is 21.3. The summed E-state index contributed by atoms with van der Waals surface area (Å²) in [5.41, 5.74) is 1.80. The van der Waals surface area contributed by atoms with Gasteiger partial charge >= 0.3 is 0 Å². The van der Waals surface area contributed by atoms with Gasteiger partial charge in [0.05, 0.1) is 16.5 Å². The molecule has 0 radical (unpaired) electrons. The molecule has 0 spiro atoms. The molecule has 11 heteroatoms. The second-order valence-corrected chi connectivity index (χ2v) is 12.5. The number of sulfonamides is 1. The Morgan fingerprint density at radius 2 is 1.89 bits per heavy atom. The van der Waals surface area contributed by atoms with Crippen molar-refractivity contribution in [1.29, 1.82) is 0 Å². The van der Waals surface area contributed by atoms with Crippen LogP contribution in [0.15, 0.2) is 35.5 Å². The number of nitrogens with two attached hydrogens (primary N) is 1. The lowest BCUT2D eigenvalue weighted by Crippen LogP contribution is -2.39. The van der Waals surface area contributed by atoms with Crippen molar-refractivity contribution in [2.75, 3.05) is 5.32 Å². The van der Waals surface area contributed by atoms with Crippen LogP contribution in [0.25, 0.3) is 11.0 Å². The molecule has 1 aromatic carbocycles. The highest BCUT2D eigenvalue weighted by Crippen LogP contribution is 2.28. The van der Waals surface area contributed by atoms with Crippen LogP contribution in [-0.4, -0.2) is 40.1 Å². The van der Waals surface area contributed by atoms with Gasteiger partial charge < -0.3 is 10.6 Å². The molecule has 4 N–H and O–H groups in total. The van der Waals surface area contributed by atoms with Gasteiger partial charge in [-0.1, -0.05) is 26.8 Å². The van der Waals surface area contributed by atoms with E-state index in [2.05, 4.69) is 46.5 Å². The van der Waals surface area contributed by atoms with E-state index in [0.29, 0.717) is 35.2 Å². The van der Waals surface area contributed by atoms with E-state index in [4.69, 9.17) is 5.14 Å². The summed E-state index contributed by atoms with van der Waals surface area (Å²) in [5.74, 6) is 0.925. The fraction of sp³-hybridized carbons (Fsp3) is 0.520. The van der Waals surface area contributed by atoms with Crippen LogP contribution in [0.5, 0.6) is 0 Å². The first kappa shape index (κ1) is 26.0. The molecule has 0 saturated heterocycles. The summed E-state index contributed by atoms with van der Waals surface area (Å²) in [4.78, 5) is 21.3. The standard InChI is InChI=1S/C25H35N7O3S/c1-16-5-8-20(11-21(16)36(26,34)35)30-24-27-13-18-14-28-32(23(18)31-24)15-17-6-9-19(10-7-17)29-22(33)12-25(2,3)4/h5,8,11,13-14,17,19H,6-7,9-10,12,15H2,1-4H3,(H,29,33)(H2,26,34,35)(H,27,30,31)/t17-,19+. The van der Waals surface area contributed by atoms with Crippen LogP contribution in [0.1, 0.15) is 58.4 Å². The lowest BCUT2D eigenvalue weighted by molar-refractivity contribution is -0.123. The first-order chi connectivity index (χ1) is 16.9. The highest BCUT2D eigenvalue weighted by molar-refractivity contribution is 7.89. The van der Waals surface area contributed by atoms with Crippen molar-refractivity contribution in [2.45, 2.75) is 77.3 Å². The van der Waals surface area contributed by atoms with Crippen LogP contribution in [0.3, 0.4) is 0 Å². The normalized spacial score (nSPS) is 18.8. The first-order valence-electron chi connectivity index (χ1n) is 12.3. The highest BCUT2D eigenvalue weighted by Gasteiger charge is 2.25. The number of benzene rings is 1. The van der Waals surface area contributed by atoms with Crippen LogP contribution < -0.4 is 15.8 Å². The van der Waals surface area contributed by atoms with Gasteiger partial charge in [-0.05, 0) is 61.6 Å². The maximum Gasteiger partial charge on any atom is 0.238 e. The lowest BCUT2D eigenvalue weighted by Gasteiger charge is -2.30. The Bertz CT molecular complexity index is 1350. The number of fused-ring (bicyclic) bond motifs is 1. The van der Waals surface area contributed by atoms with Crippen molar-refractivity contribution < 1.29 is 13.2 Å². The largest absolute Gasteiger partial charge is 0.353 e. The van der Waals surface area contributed by atoms with Crippen molar-refractivity contribution in [3.05, 3.63) is 36.2 Å². The van der Waals surface area contributed by atoms with Gasteiger partial charge in [-0.15, -0.1) is 0 Å². The van der Waals surface area contributed by atoms with E-state index in [1.165, 1.54) is 6.07 Å². The number of hydrogen-bond donors (Lipinski definition) is 3. The van der Waals surface area contributed by atoms with Crippen molar-refractivity contribution in [2.24, 2.45) is 16.5 Å². The quantitative estimate of drug-likeness (QED) is 0.437. The molecule has 1 aliphatic rings. The molecule has 10 nitrogen and oxygen atoms in total. The molecule has 0 bridgehead atoms. The number of hydrogen-bond acceptors (Lipinski definition) is 7. The molecule has 36 heavy (non-hydrogen) atoms. The number of nitrogens with zero attached hydrogens (tertiary/aromatic N) is 4. The Hall–Kier alpha value is -3.05. The number of carbonyl (C=O) groups is 1. The molecule has 4 rings (SSSR count). The van der Waals surface area contributed by atoms with Gasteiger partial charge in [0.25, 0.3) is 0 Å². The third kappa shape index (κ3) is 6.58. The number of rotatable bonds is 7. The Morgan fingerprint density at radius 1 is 1.17 bits per heavy atom. The maximum absolute atomic E-state index is 12.3. The van der Waals surface area contributed by atoms with Crippen molar-refractivity contribution in [1.82, 2.24) is 25.1 Å². The number of carbonyl (C=O) groups excluding carboxylic acids is 1. The molecule has 1 amide bonds. The number of primary sulfonamides is 1. The average molecular weight is 514 g/mol. The Kier molecular flexibility index (Phi) is 7.33. The summed E-state index contributed by atoms with van der Waals surface area (Å²) in [6.07, 6.45) is 7.93. The molecule has 194 valence electrons. The van der Waals surface area contributed by atoms with Crippen molar-refractivity contribution in [3.8, 4) is 0 Å². The minimum absolute atomic E-state index is 0.0120. The summed E-state index contributed by atoms with van der Waals surface area (Å²) in [6.45, 7) is 8.65. The fourth-order valence-corrected chi connectivity index (χ4v) is 5.48. The molecule has 0 atom stereocenters. The summed E-state index contributed by atoms with van der Waals surface area (Å²) in [5, 5.41) is 17.0. The summed E-state index contributed by atoms with van der Waals surface area (Å²) in [7, 11) is -3.83. The van der Waals surface area contributed by atoms with Crippen LogP contribution in [0, 0.1) is 18.3 Å². The molecular formula is C25H35N7O3S. The SMILES string of the molecule is Cc1ccc(Nc2ncc3cnn(C[C@H]4CC[C@@H](NC(=O)CC(C)(C)C)CC4)c3n2)cc1S(N)(=O)=O. The van der Waals surface area contributed by atoms with E-state index >= 15 is 0 Å². The van der Waals surface area contributed by atoms with E-state index in [9.17, 15) is 13.2 Å². The smallest absolute Gasteiger partial charge is 0.238 e. The topological polar surface area (TPSA) is 145 Å². The molecule has 0 aliphatic heterocycles. The van der Waals surface area contributed by atoms with Gasteiger partial charge in [0, 0.05) is 30.9 Å². The highest BCUT2D eigenvalue weighted by atomic mass is 32.2. The number of anilines is 2. The summed E-state index contributed by atoms with van der Waals surface area (Å²) >= 11 is 0. The number of aromatic nitrogens is 4. The van der Waals surface area contributed by atoms with E-state index in [0.717, 1.165) is 37.6 Å². The summed E-state index contributed by atoms with van der Waals surface area (Å²) < 4.78 is 25.6. The van der Waals surface area contributed by atoms with E-state index < -0.39 is 10.0 Å². The summed E-state index contributed by atoms with van der Waals surface area (Å²) in [6, 6.07) is 5.16. The van der Waals surface area contributed by atoms with Crippen LogP contribution in [0.4, 0.5) is 11.6 Å². The van der Waals surface area contributed by atoms with Crippen molar-refractivity contribution in [3.63, 3.8) is 0 Å². The Labute approximate surface area is 212 Å². The third-order valence-corrected chi connectivity index (χ3v) is 7.51. The maximum atomic E-state index is 12.3. The first-order valence-corrected chi connectivity index (χ1v) is 13.8. The van der Waals surface area contributed by atoms with Gasteiger partial charge in [-0.2, -0.15) is 10.1 Å². The molecule has 2 heterocycles. The molecule has 1 saturated carbocycles. The van der Waals surface area contributed by atoms with Crippen molar-refractivity contribution >= 4 is 38.6 Å². The Morgan fingerprint density at radius 3 is 2.56 bits per heavy atom. The monoisotopic (exact) mass is 513 g/mol. The van der Waals surface area contributed by atoms with Gasteiger partial charge in [0.15, 0.2) is 5.65 Å². The zero-order chi connectivity index (χ0) is 26.1. The fourth-order valence-electron chi connectivity index (χ4n) is 4.67. The molecular weight excluding hydrogens is 478 g/mol. The van der Waals surface area contributed by atoms with Crippen LogP contribution >= 0.6 is 0 Å². The predicted molar refractivity (Wildman–Crippen MR) is 139 cm³/mol. The van der Waals surface area contributed by atoms with Gasteiger partial charge in [-0.25, -0.2) is 23.2 Å². The van der Waals surface area contributed by atoms with E-state index in [1.807, 2.05) is 4.68 Å². The second-order valence-electron chi connectivity index (χ2n) is 11.0.